The standard InChI is InChI=1S/C24H19ClF3N7O/c1-12-3-4-14(33-22(36)19-18(25)17(5-6-30-19)24(26,27)28)10-15(12)16-9-13-11-32-23(29-2)34-20(13)35-8-7-31-21(16)35/h3-6,9-11,31H,7-8H2,1-2H3,(H,33,36). The number of nitrogens with one attached hydrogen (secondary N) is 2. The highest BCUT2D eigenvalue weighted by atomic mass is 35.5. The molecule has 8 nitrogen and oxygen atoms in total. The van der Waals surface area contributed by atoms with E-state index in [1.54, 1.807) is 25.4 Å². The highest BCUT2D eigenvalue weighted by Gasteiger charge is 2.35. The lowest BCUT2D eigenvalue weighted by atomic mass is 9.98. The molecule has 12 heteroatoms. The van der Waals surface area contributed by atoms with Crippen molar-refractivity contribution in [3.05, 3.63) is 70.2 Å². The van der Waals surface area contributed by atoms with Crippen LogP contribution in [0.4, 0.5) is 24.7 Å². The number of amides is 1. The number of anilines is 2. The van der Waals surface area contributed by atoms with Crippen LogP contribution >= 0.6 is 11.6 Å². The van der Waals surface area contributed by atoms with E-state index in [0.717, 1.165) is 46.2 Å². The Labute approximate surface area is 208 Å². The van der Waals surface area contributed by atoms with Gasteiger partial charge < -0.3 is 15.2 Å². The zero-order valence-corrected chi connectivity index (χ0v) is 19.9. The fraction of sp³-hybridized carbons (Fsp3) is 0.208. The second-order valence-corrected chi connectivity index (χ2v) is 8.54. The smallest absolute Gasteiger partial charge is 0.369 e. The third-order valence-electron chi connectivity index (χ3n) is 5.89. The van der Waals surface area contributed by atoms with Gasteiger partial charge in [-0.05, 0) is 42.3 Å². The molecule has 1 aromatic carbocycles. The molecule has 0 unspecified atom stereocenters. The summed E-state index contributed by atoms with van der Waals surface area (Å²) < 4.78 is 41.7. The van der Waals surface area contributed by atoms with Crippen LogP contribution in [0, 0.1) is 6.92 Å². The van der Waals surface area contributed by atoms with Gasteiger partial charge in [-0.25, -0.2) is 9.97 Å². The van der Waals surface area contributed by atoms with Crippen molar-refractivity contribution in [2.24, 2.45) is 4.99 Å². The molecule has 2 N–H and O–H groups in total. The Hall–Kier alpha value is -3.99. The van der Waals surface area contributed by atoms with Crippen LogP contribution < -0.4 is 16.3 Å². The van der Waals surface area contributed by atoms with Crippen LogP contribution in [-0.2, 0) is 12.7 Å². The molecule has 4 heterocycles. The van der Waals surface area contributed by atoms with Crippen molar-refractivity contribution in [1.29, 1.82) is 0 Å². The number of hydrogen-bond acceptors (Lipinski definition) is 6. The molecule has 0 atom stereocenters. The minimum atomic E-state index is -4.71. The lowest BCUT2D eigenvalue weighted by Crippen LogP contribution is -2.18. The molecule has 5 rings (SSSR count). The molecule has 2 aromatic rings. The van der Waals surface area contributed by atoms with Crippen LogP contribution in [0.2, 0.25) is 5.02 Å². The number of halogens is 4. The minimum Gasteiger partial charge on any atom is -0.369 e. The zero-order valence-electron chi connectivity index (χ0n) is 19.1. The second kappa shape index (κ2) is 8.90. The summed E-state index contributed by atoms with van der Waals surface area (Å²) in [5.41, 5.74) is 2.58. The first-order valence-electron chi connectivity index (χ1n) is 10.9. The zero-order chi connectivity index (χ0) is 25.6. The number of hydrogen-bond donors (Lipinski definition) is 2. The molecule has 0 fully saturated rings. The summed E-state index contributed by atoms with van der Waals surface area (Å²) in [7, 11) is 1.63. The predicted molar refractivity (Wildman–Crippen MR) is 129 cm³/mol. The number of aryl methyl sites for hydroxylation is 1. The highest BCUT2D eigenvalue weighted by molar-refractivity contribution is 6.34. The number of pyridine rings is 2. The Kier molecular flexibility index (Phi) is 5.87. The van der Waals surface area contributed by atoms with Crippen molar-refractivity contribution in [3.63, 3.8) is 0 Å². The molecule has 184 valence electrons. The Morgan fingerprint density at radius 1 is 1.19 bits per heavy atom. The first kappa shape index (κ1) is 23.7. The molecule has 3 aliphatic rings. The monoisotopic (exact) mass is 513 g/mol. The van der Waals surface area contributed by atoms with Crippen LogP contribution in [0.25, 0.3) is 22.5 Å². The predicted octanol–water partition coefficient (Wildman–Crippen LogP) is 4.63. The maximum absolute atomic E-state index is 13.2. The molecule has 3 aliphatic heterocycles. The van der Waals surface area contributed by atoms with E-state index >= 15 is 0 Å². The molecule has 36 heavy (non-hydrogen) atoms. The largest absolute Gasteiger partial charge is 0.417 e. The van der Waals surface area contributed by atoms with E-state index in [0.29, 0.717) is 24.4 Å². The van der Waals surface area contributed by atoms with Gasteiger partial charge in [-0.3, -0.25) is 9.79 Å². The molecule has 1 aromatic heterocycles. The minimum absolute atomic E-state index is 0.379. The van der Waals surface area contributed by atoms with Crippen molar-refractivity contribution in [1.82, 2.24) is 19.5 Å². The topological polar surface area (TPSA) is 97.1 Å². The van der Waals surface area contributed by atoms with Gasteiger partial charge in [-0.2, -0.15) is 18.2 Å². The van der Waals surface area contributed by atoms with Gasteiger partial charge in [0.25, 0.3) is 5.91 Å². The normalized spacial score (nSPS) is 13.6. The van der Waals surface area contributed by atoms with E-state index < -0.39 is 28.4 Å². The third kappa shape index (κ3) is 4.15. The molecule has 0 saturated heterocycles. The van der Waals surface area contributed by atoms with E-state index in [2.05, 4.69) is 35.1 Å². The lowest BCUT2D eigenvalue weighted by molar-refractivity contribution is -0.137. The highest BCUT2D eigenvalue weighted by Crippen LogP contribution is 2.39. The van der Waals surface area contributed by atoms with Crippen LogP contribution in [0.1, 0.15) is 21.6 Å². The molecular formula is C24H19ClF3N7O. The summed E-state index contributed by atoms with van der Waals surface area (Å²) in [6.07, 6.45) is -2.09. The quantitative estimate of drug-likeness (QED) is 0.416. The first-order valence-corrected chi connectivity index (χ1v) is 11.3. The van der Waals surface area contributed by atoms with E-state index in [1.807, 2.05) is 19.1 Å². The van der Waals surface area contributed by atoms with Crippen LogP contribution in [0.15, 0.2) is 47.7 Å². The number of nitrogens with zero attached hydrogens (tertiary/aromatic N) is 5. The Morgan fingerprint density at radius 2 is 2.00 bits per heavy atom. The summed E-state index contributed by atoms with van der Waals surface area (Å²) in [6.45, 7) is 3.34. The van der Waals surface area contributed by atoms with Gasteiger partial charge in [0, 0.05) is 49.3 Å². The van der Waals surface area contributed by atoms with E-state index in [4.69, 9.17) is 11.6 Å². The molecular weight excluding hydrogens is 495 g/mol. The van der Waals surface area contributed by atoms with Crippen LogP contribution in [-0.4, -0.2) is 39.0 Å². The first-order chi connectivity index (χ1) is 17.2. The lowest BCUT2D eigenvalue weighted by Gasteiger charge is -2.19. The van der Waals surface area contributed by atoms with E-state index in [1.165, 1.54) is 0 Å². The van der Waals surface area contributed by atoms with Gasteiger partial charge in [0.2, 0.25) is 5.62 Å². The average molecular weight is 514 g/mol. The number of benzene rings is 1. The van der Waals surface area contributed by atoms with E-state index in [-0.39, 0.29) is 0 Å². The number of carbonyl (C=O) groups is 1. The van der Waals surface area contributed by atoms with Gasteiger partial charge in [0.05, 0.1) is 10.6 Å². The van der Waals surface area contributed by atoms with Crippen molar-refractivity contribution in [2.45, 2.75) is 19.6 Å². The van der Waals surface area contributed by atoms with Crippen LogP contribution in [0.3, 0.4) is 0 Å². The van der Waals surface area contributed by atoms with Gasteiger partial charge in [-0.15, -0.1) is 0 Å². The molecule has 1 amide bonds. The molecule has 0 saturated carbocycles. The van der Waals surface area contributed by atoms with E-state index in [9.17, 15) is 18.0 Å². The summed E-state index contributed by atoms with van der Waals surface area (Å²) in [6, 6.07) is 7.93. The number of alkyl halides is 3. The van der Waals surface area contributed by atoms with Gasteiger partial charge in [0.1, 0.15) is 17.3 Å². The van der Waals surface area contributed by atoms with Gasteiger partial charge in [0.15, 0.2) is 0 Å². The van der Waals surface area contributed by atoms with Gasteiger partial charge >= 0.3 is 6.18 Å². The number of rotatable bonds is 3. The summed E-state index contributed by atoms with van der Waals surface area (Å²) >= 11 is 5.88. The SMILES string of the molecule is CN=c1ncc2cc(-c3cc(NC(=O)c4nccc(C(F)(F)F)c4Cl)ccc3C)c3n(c-2n1)CCN3. The maximum Gasteiger partial charge on any atom is 0.417 e. The fourth-order valence-corrected chi connectivity index (χ4v) is 4.48. The van der Waals surface area contributed by atoms with Crippen molar-refractivity contribution in [2.75, 3.05) is 24.2 Å². The Balaban J connectivity index is 1.55. The fourth-order valence-electron chi connectivity index (χ4n) is 4.18. The number of aromatic nitrogens is 4. The summed E-state index contributed by atoms with van der Waals surface area (Å²) in [5.74, 6) is 0.764. The summed E-state index contributed by atoms with van der Waals surface area (Å²) in [4.78, 5) is 29.4. The number of fused-ring (bicyclic) bond motifs is 3. The molecule has 0 bridgehead atoms. The second-order valence-electron chi connectivity index (χ2n) is 8.16. The third-order valence-corrected chi connectivity index (χ3v) is 6.27. The Morgan fingerprint density at radius 3 is 2.75 bits per heavy atom. The Bertz CT molecular complexity index is 1550. The van der Waals surface area contributed by atoms with Gasteiger partial charge in [-0.1, -0.05) is 17.7 Å². The number of carbonyl (C=O) groups excluding carboxylic acids is 1. The average Bonchev–Trinajstić information content (AvgIpc) is 3.34. The van der Waals surface area contributed by atoms with Crippen LogP contribution in [0.5, 0.6) is 0 Å². The maximum atomic E-state index is 13.2. The molecule has 0 spiro atoms. The summed E-state index contributed by atoms with van der Waals surface area (Å²) in [5, 5.41) is 5.26. The van der Waals surface area contributed by atoms with Crippen molar-refractivity contribution >= 4 is 29.0 Å². The van der Waals surface area contributed by atoms with Crippen molar-refractivity contribution in [3.8, 4) is 22.5 Å². The van der Waals surface area contributed by atoms with Crippen molar-refractivity contribution < 1.29 is 18.0 Å². The molecule has 0 aliphatic carbocycles. The molecule has 0 radical (unpaired) electrons.